The molecule has 0 spiro atoms. The van der Waals surface area contributed by atoms with Crippen LogP contribution in [0.3, 0.4) is 0 Å². The number of nitrogens with zero attached hydrogens (tertiary/aromatic N) is 2. The Hall–Kier alpha value is -1.36. The van der Waals surface area contributed by atoms with Gasteiger partial charge in [0, 0.05) is 11.4 Å². The summed E-state index contributed by atoms with van der Waals surface area (Å²) in [5, 5.41) is 4.28. The Morgan fingerprint density at radius 2 is 2.10 bits per heavy atom. The van der Waals surface area contributed by atoms with Gasteiger partial charge in [0.05, 0.1) is 12.0 Å². The Bertz CT molecular complexity index is 582. The normalized spacial score (nSPS) is 12.6. The summed E-state index contributed by atoms with van der Waals surface area (Å²) in [6.45, 7) is 10.2. The van der Waals surface area contributed by atoms with Gasteiger partial charge in [0.1, 0.15) is 4.83 Å². The van der Waals surface area contributed by atoms with Gasteiger partial charge in [-0.25, -0.2) is 4.98 Å². The summed E-state index contributed by atoms with van der Waals surface area (Å²) in [4.78, 5) is 11.4. The van der Waals surface area contributed by atoms with Crippen LogP contribution in [0.5, 0.6) is 5.88 Å². The van der Waals surface area contributed by atoms with Crippen LogP contribution < -0.4 is 10.1 Å². The van der Waals surface area contributed by atoms with E-state index in [1.165, 1.54) is 17.7 Å². The van der Waals surface area contributed by atoms with Crippen LogP contribution >= 0.6 is 11.3 Å². The fourth-order valence-corrected chi connectivity index (χ4v) is 3.11. The van der Waals surface area contributed by atoms with Crippen molar-refractivity contribution in [3.63, 3.8) is 0 Å². The third kappa shape index (κ3) is 4.30. The first kappa shape index (κ1) is 16.0. The minimum atomic E-state index is 0.548. The molecule has 0 aliphatic heterocycles. The highest BCUT2D eigenvalue weighted by atomic mass is 32.1. The predicted molar refractivity (Wildman–Crippen MR) is 90.5 cm³/mol. The Labute approximate surface area is 131 Å². The third-order valence-electron chi connectivity index (χ3n) is 3.30. The summed E-state index contributed by atoms with van der Waals surface area (Å²) < 4.78 is 5.98. The van der Waals surface area contributed by atoms with Crippen molar-refractivity contribution in [2.24, 2.45) is 5.92 Å². The van der Waals surface area contributed by atoms with Crippen LogP contribution in [0.1, 0.15) is 44.9 Å². The van der Waals surface area contributed by atoms with Crippen LogP contribution in [0.2, 0.25) is 0 Å². The molecular weight excluding hydrogens is 282 g/mol. The molecule has 1 unspecified atom stereocenters. The van der Waals surface area contributed by atoms with E-state index >= 15 is 0 Å². The second-order valence-corrected chi connectivity index (χ2v) is 6.79. The van der Waals surface area contributed by atoms with Gasteiger partial charge < -0.3 is 10.1 Å². The smallest absolute Gasteiger partial charge is 0.227 e. The van der Waals surface area contributed by atoms with Gasteiger partial charge in [-0.05, 0) is 31.7 Å². The standard InChI is InChI=1S/C16H25N3OS/c1-5-7-11(3)10-20-14-13-9-12(4)21-15(13)19-16(18-14)17-8-6-2/h9,11H,5-8,10H2,1-4H3,(H,17,18,19). The van der Waals surface area contributed by atoms with Crippen molar-refractivity contribution in [2.45, 2.75) is 47.0 Å². The number of ether oxygens (including phenoxy) is 1. The van der Waals surface area contributed by atoms with E-state index in [1.54, 1.807) is 11.3 Å². The average molecular weight is 307 g/mol. The molecule has 0 saturated carbocycles. The summed E-state index contributed by atoms with van der Waals surface area (Å²) in [7, 11) is 0. The minimum absolute atomic E-state index is 0.548. The molecule has 0 radical (unpaired) electrons. The zero-order valence-corrected chi connectivity index (χ0v) is 14.2. The van der Waals surface area contributed by atoms with Crippen molar-refractivity contribution in [3.8, 4) is 5.88 Å². The fourth-order valence-electron chi connectivity index (χ4n) is 2.24. The first-order valence-corrected chi connectivity index (χ1v) is 8.60. The second kappa shape index (κ2) is 7.59. The maximum absolute atomic E-state index is 5.98. The molecule has 0 aliphatic carbocycles. The van der Waals surface area contributed by atoms with Gasteiger partial charge >= 0.3 is 0 Å². The zero-order chi connectivity index (χ0) is 15.2. The van der Waals surface area contributed by atoms with Crippen LogP contribution in [0.15, 0.2) is 6.07 Å². The topological polar surface area (TPSA) is 47.0 Å². The van der Waals surface area contributed by atoms with E-state index in [4.69, 9.17) is 4.74 Å². The summed E-state index contributed by atoms with van der Waals surface area (Å²) >= 11 is 1.69. The number of nitrogens with one attached hydrogen (secondary N) is 1. The molecule has 1 atom stereocenters. The summed E-state index contributed by atoms with van der Waals surface area (Å²) in [6.07, 6.45) is 3.41. The van der Waals surface area contributed by atoms with Gasteiger partial charge in [-0.15, -0.1) is 11.3 Å². The summed E-state index contributed by atoms with van der Waals surface area (Å²) in [5.41, 5.74) is 0. The predicted octanol–water partition coefficient (Wildman–Crippen LogP) is 4.64. The highest BCUT2D eigenvalue weighted by molar-refractivity contribution is 7.18. The Morgan fingerprint density at radius 1 is 1.29 bits per heavy atom. The molecule has 2 aromatic rings. The van der Waals surface area contributed by atoms with E-state index in [1.807, 2.05) is 0 Å². The minimum Gasteiger partial charge on any atom is -0.477 e. The van der Waals surface area contributed by atoms with Crippen LogP contribution in [0.4, 0.5) is 5.95 Å². The molecular formula is C16H25N3OS. The average Bonchev–Trinajstić information content (AvgIpc) is 2.83. The van der Waals surface area contributed by atoms with Crippen molar-refractivity contribution >= 4 is 27.5 Å². The molecule has 0 amide bonds. The molecule has 2 aromatic heterocycles. The zero-order valence-electron chi connectivity index (χ0n) is 13.4. The third-order valence-corrected chi connectivity index (χ3v) is 4.24. The van der Waals surface area contributed by atoms with Crippen LogP contribution in [-0.4, -0.2) is 23.1 Å². The quantitative estimate of drug-likeness (QED) is 0.772. The van der Waals surface area contributed by atoms with E-state index in [0.29, 0.717) is 24.4 Å². The molecule has 0 aliphatic rings. The molecule has 4 nitrogen and oxygen atoms in total. The second-order valence-electron chi connectivity index (χ2n) is 5.56. The molecule has 2 heterocycles. The van der Waals surface area contributed by atoms with Crippen molar-refractivity contribution in [1.29, 1.82) is 0 Å². The lowest BCUT2D eigenvalue weighted by Gasteiger charge is -2.13. The number of rotatable bonds is 8. The highest BCUT2D eigenvalue weighted by Crippen LogP contribution is 2.31. The van der Waals surface area contributed by atoms with E-state index in [2.05, 4.69) is 49.0 Å². The lowest BCUT2D eigenvalue weighted by atomic mass is 10.1. The summed E-state index contributed by atoms with van der Waals surface area (Å²) in [6, 6.07) is 2.11. The fraction of sp³-hybridized carbons (Fsp3) is 0.625. The molecule has 0 saturated heterocycles. The number of anilines is 1. The first-order valence-electron chi connectivity index (χ1n) is 7.78. The van der Waals surface area contributed by atoms with Crippen molar-refractivity contribution in [1.82, 2.24) is 9.97 Å². The van der Waals surface area contributed by atoms with E-state index in [-0.39, 0.29) is 0 Å². The maximum Gasteiger partial charge on any atom is 0.227 e. The lowest BCUT2D eigenvalue weighted by molar-refractivity contribution is 0.246. The number of aryl methyl sites for hydroxylation is 1. The maximum atomic E-state index is 5.98. The van der Waals surface area contributed by atoms with Crippen molar-refractivity contribution in [3.05, 3.63) is 10.9 Å². The molecule has 2 rings (SSSR count). The molecule has 1 N–H and O–H groups in total. The van der Waals surface area contributed by atoms with Gasteiger partial charge in [-0.3, -0.25) is 0 Å². The van der Waals surface area contributed by atoms with Gasteiger partial charge in [-0.2, -0.15) is 4.98 Å². The number of fused-ring (bicyclic) bond motifs is 1. The van der Waals surface area contributed by atoms with Gasteiger partial charge in [0.15, 0.2) is 0 Å². The number of thiophene rings is 1. The van der Waals surface area contributed by atoms with Crippen molar-refractivity contribution < 1.29 is 4.74 Å². The highest BCUT2D eigenvalue weighted by Gasteiger charge is 2.13. The van der Waals surface area contributed by atoms with E-state index in [9.17, 15) is 0 Å². The van der Waals surface area contributed by atoms with Gasteiger partial charge in [0.2, 0.25) is 11.8 Å². The lowest BCUT2D eigenvalue weighted by Crippen LogP contribution is -2.11. The molecule has 0 bridgehead atoms. The monoisotopic (exact) mass is 307 g/mol. The van der Waals surface area contributed by atoms with Crippen LogP contribution in [-0.2, 0) is 0 Å². The Balaban J connectivity index is 2.21. The molecule has 5 heteroatoms. The summed E-state index contributed by atoms with van der Waals surface area (Å²) in [5.74, 6) is 1.93. The van der Waals surface area contributed by atoms with Crippen molar-refractivity contribution in [2.75, 3.05) is 18.5 Å². The number of aromatic nitrogens is 2. The largest absolute Gasteiger partial charge is 0.477 e. The van der Waals surface area contributed by atoms with Crippen LogP contribution in [0, 0.1) is 12.8 Å². The first-order chi connectivity index (χ1) is 10.1. The molecule has 0 fully saturated rings. The molecule has 0 aromatic carbocycles. The van der Waals surface area contributed by atoms with E-state index < -0.39 is 0 Å². The van der Waals surface area contributed by atoms with E-state index in [0.717, 1.165) is 23.2 Å². The van der Waals surface area contributed by atoms with Gasteiger partial charge in [-0.1, -0.05) is 27.2 Å². The molecule has 21 heavy (non-hydrogen) atoms. The van der Waals surface area contributed by atoms with Gasteiger partial charge in [0.25, 0.3) is 0 Å². The SMILES string of the molecule is CCCNc1nc(OCC(C)CCC)c2cc(C)sc2n1. The Kier molecular flexibility index (Phi) is 5.79. The number of hydrogen-bond acceptors (Lipinski definition) is 5. The molecule has 116 valence electrons. The van der Waals surface area contributed by atoms with Crippen LogP contribution in [0.25, 0.3) is 10.2 Å². The Morgan fingerprint density at radius 3 is 2.81 bits per heavy atom. The number of hydrogen-bond donors (Lipinski definition) is 1.